The molecule has 1 aromatic rings. The minimum Gasteiger partial charge on any atom is -0.497 e. The number of hydrogen-bond acceptors (Lipinski definition) is 5. The molecule has 1 amide bonds. The Morgan fingerprint density at radius 2 is 1.90 bits per heavy atom. The van der Waals surface area contributed by atoms with Gasteiger partial charge in [0.15, 0.2) is 0 Å². The van der Waals surface area contributed by atoms with Gasteiger partial charge in [-0.2, -0.15) is 8.42 Å². The van der Waals surface area contributed by atoms with Gasteiger partial charge in [0.2, 0.25) is 0 Å². The van der Waals surface area contributed by atoms with Crippen molar-refractivity contribution in [3.8, 4) is 11.5 Å². The van der Waals surface area contributed by atoms with E-state index in [1.54, 1.807) is 12.1 Å². The predicted octanol–water partition coefficient (Wildman–Crippen LogP) is 2.56. The first-order chi connectivity index (χ1) is 9.03. The fourth-order valence-electron chi connectivity index (χ4n) is 1.53. The van der Waals surface area contributed by atoms with Gasteiger partial charge in [0.05, 0.1) is 7.11 Å². The first-order valence-corrected chi connectivity index (χ1v) is 7.96. The number of halogens is 1. The number of methoxy groups -OCH3 is 1. The highest BCUT2D eigenvalue weighted by molar-refractivity contribution is 8.12. The Hall–Kier alpha value is -1.47. The van der Waals surface area contributed by atoms with Crippen LogP contribution in [0.2, 0.25) is 0 Å². The maximum atomic E-state index is 11.4. The molecule has 8 heteroatoms. The summed E-state index contributed by atoms with van der Waals surface area (Å²) in [5.74, 6) is 0.837. The molecule has 20 heavy (non-hydrogen) atoms. The van der Waals surface area contributed by atoms with Crippen LogP contribution < -0.4 is 14.2 Å². The third-order valence-corrected chi connectivity index (χ3v) is 3.04. The van der Waals surface area contributed by atoms with E-state index in [9.17, 15) is 13.2 Å². The number of nitrogens with one attached hydrogen (secondary N) is 1. The molecule has 0 heterocycles. The molecular weight excluding hydrogens is 306 g/mol. The minimum absolute atomic E-state index is 0.233. The van der Waals surface area contributed by atoms with Crippen LogP contribution in [-0.2, 0) is 14.7 Å². The molecule has 0 atom stereocenters. The molecule has 0 saturated carbocycles. The van der Waals surface area contributed by atoms with Crippen LogP contribution in [0.4, 0.5) is 4.79 Å². The van der Waals surface area contributed by atoms with E-state index in [4.69, 9.17) is 20.2 Å². The van der Waals surface area contributed by atoms with Gasteiger partial charge in [-0.25, -0.2) is 9.52 Å². The lowest BCUT2D eigenvalue weighted by molar-refractivity contribution is 0.206. The summed E-state index contributed by atoms with van der Waals surface area (Å²) in [6, 6.07) is 4.85. The number of rotatable bonds is 3. The Morgan fingerprint density at radius 1 is 1.30 bits per heavy atom. The van der Waals surface area contributed by atoms with Crippen LogP contribution in [0, 0.1) is 0 Å². The lowest BCUT2D eigenvalue weighted by Gasteiger charge is -2.22. The molecular formula is C12H16ClNO5S. The fourth-order valence-corrected chi connectivity index (χ4v) is 1.96. The van der Waals surface area contributed by atoms with E-state index in [1.165, 1.54) is 17.9 Å². The molecule has 0 radical (unpaired) electrons. The molecule has 0 spiro atoms. The second-order valence-corrected chi connectivity index (χ2v) is 7.34. The van der Waals surface area contributed by atoms with Crippen molar-refractivity contribution in [1.29, 1.82) is 0 Å². The standard InChI is InChI=1S/C12H16ClNO5S/c1-12(2,3)9-7-8(18-4)5-6-10(9)19-11(15)14-20(13,16)17/h5-7H,1-4H3,(H,14,15). The van der Waals surface area contributed by atoms with Gasteiger partial charge < -0.3 is 9.47 Å². The predicted molar refractivity (Wildman–Crippen MR) is 75.6 cm³/mol. The van der Waals surface area contributed by atoms with Gasteiger partial charge in [-0.15, -0.1) is 0 Å². The number of amides is 1. The first-order valence-electron chi connectivity index (χ1n) is 5.65. The van der Waals surface area contributed by atoms with Gasteiger partial charge in [-0.3, -0.25) is 0 Å². The molecule has 0 aliphatic carbocycles. The monoisotopic (exact) mass is 321 g/mol. The molecule has 0 bridgehead atoms. The van der Waals surface area contributed by atoms with Crippen molar-refractivity contribution in [2.75, 3.05) is 7.11 Å². The quantitative estimate of drug-likeness (QED) is 0.865. The molecule has 0 aromatic heterocycles. The highest BCUT2D eigenvalue weighted by Gasteiger charge is 2.22. The minimum atomic E-state index is -4.18. The van der Waals surface area contributed by atoms with Crippen molar-refractivity contribution in [1.82, 2.24) is 4.72 Å². The molecule has 0 aliphatic heterocycles. The van der Waals surface area contributed by atoms with Crippen LogP contribution in [0.5, 0.6) is 11.5 Å². The number of carbonyl (C=O) groups is 1. The van der Waals surface area contributed by atoms with Crippen LogP contribution in [0.15, 0.2) is 18.2 Å². The normalized spacial score (nSPS) is 11.8. The Balaban J connectivity index is 3.09. The molecule has 6 nitrogen and oxygen atoms in total. The van der Waals surface area contributed by atoms with Crippen LogP contribution in [0.25, 0.3) is 0 Å². The maximum absolute atomic E-state index is 11.4. The first kappa shape index (κ1) is 16.6. The van der Waals surface area contributed by atoms with Gasteiger partial charge in [0.1, 0.15) is 11.5 Å². The van der Waals surface area contributed by atoms with Crippen LogP contribution >= 0.6 is 10.7 Å². The SMILES string of the molecule is COc1ccc(OC(=O)NS(=O)(=O)Cl)c(C(C)(C)C)c1. The molecule has 0 saturated heterocycles. The number of ether oxygens (including phenoxy) is 2. The molecule has 112 valence electrons. The summed E-state index contributed by atoms with van der Waals surface area (Å²) < 4.78 is 33.1. The topological polar surface area (TPSA) is 81.7 Å². The highest BCUT2D eigenvalue weighted by atomic mass is 35.7. The van der Waals surface area contributed by atoms with Crippen LogP contribution in [-0.4, -0.2) is 21.6 Å². The highest BCUT2D eigenvalue weighted by Crippen LogP contribution is 2.34. The van der Waals surface area contributed by atoms with Crippen molar-refractivity contribution in [3.63, 3.8) is 0 Å². The molecule has 1 rings (SSSR count). The van der Waals surface area contributed by atoms with Gasteiger partial charge in [-0.05, 0) is 23.6 Å². The van der Waals surface area contributed by atoms with Crippen molar-refractivity contribution in [3.05, 3.63) is 23.8 Å². The van der Waals surface area contributed by atoms with Crippen molar-refractivity contribution in [2.24, 2.45) is 0 Å². The number of benzene rings is 1. The smallest absolute Gasteiger partial charge is 0.427 e. The largest absolute Gasteiger partial charge is 0.497 e. The van der Waals surface area contributed by atoms with E-state index >= 15 is 0 Å². The Labute approximate surface area is 122 Å². The molecule has 0 aliphatic rings. The fraction of sp³-hybridized carbons (Fsp3) is 0.417. The maximum Gasteiger partial charge on any atom is 0.427 e. The summed E-state index contributed by atoms with van der Waals surface area (Å²) in [4.78, 5) is 11.4. The van der Waals surface area contributed by atoms with E-state index in [2.05, 4.69) is 0 Å². The van der Waals surface area contributed by atoms with Crippen molar-refractivity contribution < 1.29 is 22.7 Å². The molecule has 0 fully saturated rings. The van der Waals surface area contributed by atoms with E-state index in [1.807, 2.05) is 20.8 Å². The van der Waals surface area contributed by atoms with Gasteiger partial charge in [0, 0.05) is 16.2 Å². The van der Waals surface area contributed by atoms with Gasteiger partial charge in [0.25, 0.3) is 0 Å². The second kappa shape index (κ2) is 5.88. The molecule has 1 aromatic carbocycles. The van der Waals surface area contributed by atoms with Crippen LogP contribution in [0.1, 0.15) is 26.3 Å². The van der Waals surface area contributed by atoms with Gasteiger partial charge in [-0.1, -0.05) is 20.8 Å². The average molecular weight is 322 g/mol. The Bertz CT molecular complexity index is 607. The zero-order valence-electron chi connectivity index (χ0n) is 11.6. The van der Waals surface area contributed by atoms with Crippen LogP contribution in [0.3, 0.4) is 0 Å². The van der Waals surface area contributed by atoms with Crippen molar-refractivity contribution >= 4 is 26.0 Å². The lowest BCUT2D eigenvalue weighted by Crippen LogP contribution is -2.30. The second-order valence-electron chi connectivity index (χ2n) is 5.04. The molecule has 1 N–H and O–H groups in total. The summed E-state index contributed by atoms with van der Waals surface area (Å²) in [5, 5.41) is 0. The Morgan fingerprint density at radius 3 is 2.35 bits per heavy atom. The van der Waals surface area contributed by atoms with Crippen molar-refractivity contribution in [2.45, 2.75) is 26.2 Å². The number of hydrogen-bond donors (Lipinski definition) is 1. The average Bonchev–Trinajstić information content (AvgIpc) is 2.25. The third-order valence-electron chi connectivity index (χ3n) is 2.40. The van der Waals surface area contributed by atoms with E-state index in [-0.39, 0.29) is 11.2 Å². The zero-order valence-corrected chi connectivity index (χ0v) is 13.1. The van der Waals surface area contributed by atoms with E-state index < -0.39 is 15.3 Å². The molecule has 0 unspecified atom stereocenters. The summed E-state index contributed by atoms with van der Waals surface area (Å²) in [5.41, 5.74) is 0.364. The summed E-state index contributed by atoms with van der Waals surface area (Å²) in [7, 11) is 2.25. The third kappa shape index (κ3) is 4.90. The summed E-state index contributed by atoms with van der Waals surface area (Å²) in [6.45, 7) is 5.76. The number of carbonyl (C=O) groups excluding carboxylic acids is 1. The van der Waals surface area contributed by atoms with E-state index in [0.29, 0.717) is 11.3 Å². The zero-order chi connectivity index (χ0) is 15.6. The Kier molecular flexibility index (Phi) is 4.88. The van der Waals surface area contributed by atoms with Gasteiger partial charge >= 0.3 is 15.3 Å². The summed E-state index contributed by atoms with van der Waals surface area (Å²) >= 11 is 0. The summed E-state index contributed by atoms with van der Waals surface area (Å²) in [6.07, 6.45) is -1.17. The lowest BCUT2D eigenvalue weighted by atomic mass is 9.86. The van der Waals surface area contributed by atoms with E-state index in [0.717, 1.165) is 0 Å².